The number of rotatable bonds is 7. The summed E-state index contributed by atoms with van der Waals surface area (Å²) in [5, 5.41) is 0. The zero-order valence-corrected chi connectivity index (χ0v) is 25.3. The molecule has 0 radical (unpaired) electrons. The molecule has 1 aliphatic carbocycles. The van der Waals surface area contributed by atoms with Crippen molar-refractivity contribution in [3.8, 4) is 28.7 Å². The molecule has 4 aromatic rings. The van der Waals surface area contributed by atoms with Crippen LogP contribution in [-0.4, -0.2) is 68.2 Å². The summed E-state index contributed by atoms with van der Waals surface area (Å²) in [6.45, 7) is 3.10. The van der Waals surface area contributed by atoms with Gasteiger partial charge in [-0.05, 0) is 49.1 Å². The number of benzene rings is 1. The molecule has 2 aliphatic heterocycles. The lowest BCUT2D eigenvalue weighted by Crippen LogP contribution is -2.32. The smallest absolute Gasteiger partial charge is 0.434 e. The number of fused-ring (bicyclic) bond motifs is 1. The minimum Gasteiger partial charge on any atom is -0.480 e. The molecule has 45 heavy (non-hydrogen) atoms. The standard InChI is InChI=1S/C33H33F3N8O/c1-42-12-10-21(11-13-42)25-14-24-15-37-29(27-28(22-8-9-22)38-19-39-32(27)45-3)41-31(24)44(17-25)16-20-4-6-23(7-5-20)30-40-26(18-43(30)2)33(34,35)36/h4-7,10,14-15,18-19,22H,8-9,11-13,16-17H2,1-3H3. The van der Waals surface area contributed by atoms with E-state index in [9.17, 15) is 13.2 Å². The van der Waals surface area contributed by atoms with E-state index in [0.29, 0.717) is 36.3 Å². The average Bonchev–Trinajstić information content (AvgIpc) is 3.81. The number of aryl methyl sites for hydroxylation is 1. The first-order valence-corrected chi connectivity index (χ1v) is 15.0. The summed E-state index contributed by atoms with van der Waals surface area (Å²) in [5.41, 5.74) is 5.83. The molecule has 7 rings (SSSR count). The third-order valence-corrected chi connectivity index (χ3v) is 8.59. The van der Waals surface area contributed by atoms with E-state index in [1.54, 1.807) is 14.2 Å². The predicted octanol–water partition coefficient (Wildman–Crippen LogP) is 5.90. The van der Waals surface area contributed by atoms with Crippen LogP contribution in [-0.2, 0) is 19.8 Å². The van der Waals surface area contributed by atoms with Crippen LogP contribution in [0.2, 0.25) is 0 Å². The number of anilines is 1. The molecule has 232 valence electrons. The first-order chi connectivity index (χ1) is 21.7. The van der Waals surface area contributed by atoms with E-state index in [1.165, 1.54) is 22.0 Å². The molecule has 1 saturated carbocycles. The molecule has 0 spiro atoms. The first kappa shape index (κ1) is 29.1. The minimum absolute atomic E-state index is 0.263. The van der Waals surface area contributed by atoms with Crippen LogP contribution in [0.15, 0.2) is 60.2 Å². The van der Waals surface area contributed by atoms with Gasteiger partial charge in [-0.1, -0.05) is 30.3 Å². The Hall–Kier alpha value is -4.58. The summed E-state index contributed by atoms with van der Waals surface area (Å²) in [4.78, 5) is 27.2. The van der Waals surface area contributed by atoms with Gasteiger partial charge in [0, 0.05) is 62.7 Å². The Labute approximate surface area is 259 Å². The van der Waals surface area contributed by atoms with E-state index in [1.807, 2.05) is 30.5 Å². The van der Waals surface area contributed by atoms with Crippen molar-refractivity contribution in [3.63, 3.8) is 0 Å². The van der Waals surface area contributed by atoms with Gasteiger partial charge in [0.2, 0.25) is 5.88 Å². The SMILES string of the molecule is COc1ncnc(C2CC2)c1-c1ncc2c(n1)N(Cc1ccc(-c3nc(C(F)(F)F)cn3C)cc1)CC(C1=CCN(C)CC1)=C2. The lowest BCUT2D eigenvalue weighted by molar-refractivity contribution is -0.140. The van der Waals surface area contributed by atoms with Gasteiger partial charge >= 0.3 is 6.18 Å². The lowest BCUT2D eigenvalue weighted by atomic mass is 9.94. The fourth-order valence-corrected chi connectivity index (χ4v) is 6.02. The van der Waals surface area contributed by atoms with E-state index < -0.39 is 11.9 Å². The number of aromatic nitrogens is 6. The highest BCUT2D eigenvalue weighted by atomic mass is 19.4. The van der Waals surface area contributed by atoms with Crippen molar-refractivity contribution in [2.24, 2.45) is 7.05 Å². The molecular formula is C33H33F3N8O. The van der Waals surface area contributed by atoms with Crippen molar-refractivity contribution >= 4 is 11.9 Å². The number of hydrogen-bond acceptors (Lipinski definition) is 8. The summed E-state index contributed by atoms with van der Waals surface area (Å²) >= 11 is 0. The molecule has 3 aliphatic rings. The lowest BCUT2D eigenvalue weighted by Gasteiger charge is -2.33. The highest BCUT2D eigenvalue weighted by molar-refractivity contribution is 5.76. The quantitative estimate of drug-likeness (QED) is 0.254. The second-order valence-electron chi connectivity index (χ2n) is 11.9. The second kappa shape index (κ2) is 11.4. The van der Waals surface area contributed by atoms with Gasteiger partial charge in [-0.15, -0.1) is 0 Å². The molecular weight excluding hydrogens is 581 g/mol. The molecule has 0 atom stereocenters. The summed E-state index contributed by atoms with van der Waals surface area (Å²) < 4.78 is 46.8. The molecule has 9 nitrogen and oxygen atoms in total. The topological polar surface area (TPSA) is 85.1 Å². The molecule has 0 N–H and O–H groups in total. The number of imidazole rings is 1. The maximum Gasteiger partial charge on any atom is 0.434 e. The Morgan fingerprint density at radius 1 is 1.00 bits per heavy atom. The number of halogens is 3. The van der Waals surface area contributed by atoms with Crippen molar-refractivity contribution < 1.29 is 17.9 Å². The van der Waals surface area contributed by atoms with Crippen LogP contribution in [0.25, 0.3) is 28.9 Å². The van der Waals surface area contributed by atoms with Gasteiger partial charge in [-0.25, -0.2) is 24.9 Å². The van der Waals surface area contributed by atoms with Gasteiger partial charge in [-0.3, -0.25) is 0 Å². The van der Waals surface area contributed by atoms with Crippen LogP contribution in [0, 0.1) is 0 Å². The minimum atomic E-state index is -4.50. The monoisotopic (exact) mass is 614 g/mol. The molecule has 0 bridgehead atoms. The van der Waals surface area contributed by atoms with E-state index in [2.05, 4.69) is 44.0 Å². The van der Waals surface area contributed by atoms with Crippen molar-refractivity contribution in [3.05, 3.63) is 82.7 Å². The van der Waals surface area contributed by atoms with E-state index in [0.717, 1.165) is 66.8 Å². The van der Waals surface area contributed by atoms with Crippen LogP contribution >= 0.6 is 0 Å². The van der Waals surface area contributed by atoms with E-state index in [4.69, 9.17) is 14.7 Å². The second-order valence-corrected chi connectivity index (χ2v) is 11.9. The summed E-state index contributed by atoms with van der Waals surface area (Å²) in [6.07, 6.45) is 7.48. The summed E-state index contributed by atoms with van der Waals surface area (Å²) in [6, 6.07) is 7.51. The Bertz CT molecular complexity index is 1810. The van der Waals surface area contributed by atoms with Gasteiger partial charge in [0.1, 0.15) is 23.5 Å². The molecule has 12 heteroatoms. The molecule has 1 aromatic carbocycles. The van der Waals surface area contributed by atoms with Gasteiger partial charge in [0.05, 0.1) is 12.8 Å². The van der Waals surface area contributed by atoms with Crippen molar-refractivity contribution in [2.75, 3.05) is 38.7 Å². The predicted molar refractivity (Wildman–Crippen MR) is 164 cm³/mol. The number of nitrogens with zero attached hydrogens (tertiary/aromatic N) is 8. The van der Waals surface area contributed by atoms with Gasteiger partial charge < -0.3 is 19.1 Å². The maximum absolute atomic E-state index is 13.3. The molecule has 0 amide bonds. The number of hydrogen-bond donors (Lipinski definition) is 0. The molecule has 5 heterocycles. The van der Waals surface area contributed by atoms with Crippen LogP contribution < -0.4 is 9.64 Å². The van der Waals surface area contributed by atoms with Crippen LogP contribution in [0.1, 0.15) is 47.7 Å². The molecule has 3 aromatic heterocycles. The number of likely N-dealkylation sites (N-methyl/N-ethyl adjacent to an activating group) is 1. The largest absolute Gasteiger partial charge is 0.480 e. The van der Waals surface area contributed by atoms with E-state index >= 15 is 0 Å². The third kappa shape index (κ3) is 5.82. The van der Waals surface area contributed by atoms with Gasteiger partial charge in [-0.2, -0.15) is 13.2 Å². The van der Waals surface area contributed by atoms with Crippen LogP contribution in [0.4, 0.5) is 19.0 Å². The van der Waals surface area contributed by atoms with Crippen molar-refractivity contribution in [1.29, 1.82) is 0 Å². The highest BCUT2D eigenvalue weighted by Gasteiger charge is 2.35. The number of alkyl halides is 3. The van der Waals surface area contributed by atoms with Crippen LogP contribution in [0.5, 0.6) is 5.88 Å². The van der Waals surface area contributed by atoms with Crippen LogP contribution in [0.3, 0.4) is 0 Å². The first-order valence-electron chi connectivity index (χ1n) is 15.0. The summed E-state index contributed by atoms with van der Waals surface area (Å²) in [5.74, 6) is 2.40. The zero-order valence-electron chi connectivity index (χ0n) is 25.3. The molecule has 0 saturated heterocycles. The Morgan fingerprint density at radius 2 is 1.80 bits per heavy atom. The maximum atomic E-state index is 13.3. The Kier molecular flexibility index (Phi) is 7.39. The summed E-state index contributed by atoms with van der Waals surface area (Å²) in [7, 11) is 5.28. The Balaban J connectivity index is 1.24. The zero-order chi connectivity index (χ0) is 31.3. The number of methoxy groups -OCH3 is 1. The van der Waals surface area contributed by atoms with Crippen molar-refractivity contribution in [1.82, 2.24) is 34.4 Å². The van der Waals surface area contributed by atoms with E-state index in [-0.39, 0.29) is 5.82 Å². The Morgan fingerprint density at radius 3 is 2.47 bits per heavy atom. The fraction of sp³-hybridized carbons (Fsp3) is 0.364. The molecule has 0 unspecified atom stereocenters. The molecule has 1 fully saturated rings. The number of ether oxygens (including phenoxy) is 1. The van der Waals surface area contributed by atoms with Crippen molar-refractivity contribution in [2.45, 2.75) is 37.9 Å². The average molecular weight is 615 g/mol. The third-order valence-electron chi connectivity index (χ3n) is 8.59. The fourth-order valence-electron chi connectivity index (χ4n) is 6.02. The highest BCUT2D eigenvalue weighted by Crippen LogP contribution is 2.45. The normalized spacial score (nSPS) is 17.2. The van der Waals surface area contributed by atoms with Gasteiger partial charge in [0.15, 0.2) is 11.5 Å². The van der Waals surface area contributed by atoms with Gasteiger partial charge in [0.25, 0.3) is 0 Å².